The third-order valence-corrected chi connectivity index (χ3v) is 5.56. The summed E-state index contributed by atoms with van der Waals surface area (Å²) in [4.78, 5) is 15.3. The van der Waals surface area contributed by atoms with Gasteiger partial charge in [0.2, 0.25) is 0 Å². The van der Waals surface area contributed by atoms with Gasteiger partial charge in [-0.05, 0) is 54.5 Å². The molecule has 1 aliphatic rings. The molecule has 32 heavy (non-hydrogen) atoms. The van der Waals surface area contributed by atoms with Crippen LogP contribution in [0.3, 0.4) is 0 Å². The number of benzene rings is 1. The summed E-state index contributed by atoms with van der Waals surface area (Å²) in [5.74, 6) is 0. The van der Waals surface area contributed by atoms with Crippen molar-refractivity contribution in [2.24, 2.45) is 0 Å². The first kappa shape index (κ1) is 26.3. The maximum atomic E-state index is 13.8. The van der Waals surface area contributed by atoms with Crippen molar-refractivity contribution < 1.29 is 32.5 Å². The Labute approximate surface area is 188 Å². The van der Waals surface area contributed by atoms with Crippen LogP contribution in [-0.4, -0.2) is 66.6 Å². The maximum absolute atomic E-state index is 13.8. The van der Waals surface area contributed by atoms with Gasteiger partial charge >= 0.3 is 19.8 Å². The molecule has 10 heteroatoms. The zero-order valence-corrected chi connectivity index (χ0v) is 19.8. The third-order valence-electron chi connectivity index (χ3n) is 5.56. The normalized spacial score (nSPS) is 16.2. The van der Waals surface area contributed by atoms with Gasteiger partial charge in [0.1, 0.15) is 5.60 Å². The highest BCUT2D eigenvalue weighted by atomic mass is 19.4. The third kappa shape index (κ3) is 6.78. The molecule has 1 aromatic rings. The Morgan fingerprint density at radius 1 is 1.00 bits per heavy atom. The number of nitrogens with zero attached hydrogens (tertiary/aromatic N) is 2. The minimum absolute atomic E-state index is 0.0558. The predicted molar refractivity (Wildman–Crippen MR) is 118 cm³/mol. The lowest BCUT2D eigenvalue weighted by Crippen LogP contribution is -2.50. The van der Waals surface area contributed by atoms with E-state index < -0.39 is 34.6 Å². The molecule has 0 bridgehead atoms. The molecule has 179 valence electrons. The number of carbonyl (C=O) groups is 1. The summed E-state index contributed by atoms with van der Waals surface area (Å²) in [6, 6.07) is 4.00. The zero-order valence-electron chi connectivity index (χ0n) is 19.8. The molecule has 1 N–H and O–H groups in total. The molecule has 1 saturated heterocycles. The number of piperazine rings is 1. The molecule has 0 atom stereocenters. The molecule has 0 unspecified atom stereocenters. The molecule has 1 fully saturated rings. The maximum Gasteiger partial charge on any atom is 0.418 e. The molecular weight excluding hydrogens is 424 g/mol. The van der Waals surface area contributed by atoms with Gasteiger partial charge in [0.25, 0.3) is 0 Å². The van der Waals surface area contributed by atoms with Crippen molar-refractivity contribution in [1.29, 1.82) is 0 Å². The van der Waals surface area contributed by atoms with Gasteiger partial charge in [-0.2, -0.15) is 13.2 Å². The fourth-order valence-corrected chi connectivity index (χ4v) is 2.95. The fourth-order valence-electron chi connectivity index (χ4n) is 2.95. The topological polar surface area (TPSA) is 62.2 Å². The number of aliphatic hydroxyl groups is 1. The van der Waals surface area contributed by atoms with Crippen molar-refractivity contribution in [3.05, 3.63) is 23.8 Å². The molecular formula is C22H33BF3N2O4. The molecule has 1 radical (unpaired) electrons. The van der Waals surface area contributed by atoms with Gasteiger partial charge in [0.15, 0.2) is 0 Å². The van der Waals surface area contributed by atoms with Crippen molar-refractivity contribution >= 4 is 24.7 Å². The second kappa shape index (κ2) is 9.13. The van der Waals surface area contributed by atoms with Crippen LogP contribution in [0.2, 0.25) is 0 Å². The van der Waals surface area contributed by atoms with Gasteiger partial charge in [0.05, 0.1) is 16.8 Å². The second-order valence-corrected chi connectivity index (χ2v) is 10.0. The summed E-state index contributed by atoms with van der Waals surface area (Å²) >= 11 is 0. The summed E-state index contributed by atoms with van der Waals surface area (Å²) in [7, 11) is 1.23. The summed E-state index contributed by atoms with van der Waals surface area (Å²) < 4.78 is 52.4. The molecule has 1 aromatic carbocycles. The minimum atomic E-state index is -4.56. The van der Waals surface area contributed by atoms with Gasteiger partial charge in [-0.1, -0.05) is 17.6 Å². The number of hydrogen-bond acceptors (Lipinski definition) is 5. The van der Waals surface area contributed by atoms with E-state index in [4.69, 9.17) is 9.39 Å². The quantitative estimate of drug-likeness (QED) is 0.686. The first-order valence-corrected chi connectivity index (χ1v) is 10.6. The van der Waals surface area contributed by atoms with Crippen LogP contribution in [0, 0.1) is 0 Å². The van der Waals surface area contributed by atoms with Crippen molar-refractivity contribution in [3.63, 3.8) is 0 Å². The number of hydrogen-bond donors (Lipinski definition) is 1. The Morgan fingerprint density at radius 2 is 1.56 bits per heavy atom. The zero-order chi connectivity index (χ0) is 24.5. The Bertz CT molecular complexity index is 809. The Kier molecular flexibility index (Phi) is 7.51. The highest BCUT2D eigenvalue weighted by Gasteiger charge is 2.38. The van der Waals surface area contributed by atoms with Gasteiger partial charge in [-0.3, -0.25) is 0 Å². The van der Waals surface area contributed by atoms with E-state index in [-0.39, 0.29) is 37.3 Å². The SMILES string of the molecule is CC(C)(C)OC(=O)N1CCN(c2ccc([B]OC(C)(C)C(C)(C)O)cc2C(F)(F)F)CC1. The summed E-state index contributed by atoms with van der Waals surface area (Å²) in [5.41, 5.74) is -3.30. The van der Waals surface area contributed by atoms with Crippen LogP contribution >= 0.6 is 0 Å². The Balaban J connectivity index is 2.15. The van der Waals surface area contributed by atoms with Crippen LogP contribution in [-0.2, 0) is 15.6 Å². The first-order valence-electron chi connectivity index (χ1n) is 10.6. The molecule has 0 aromatic heterocycles. The first-order chi connectivity index (χ1) is 14.4. The van der Waals surface area contributed by atoms with Gasteiger partial charge in [-0.15, -0.1) is 0 Å². The number of halogens is 3. The van der Waals surface area contributed by atoms with E-state index in [0.717, 1.165) is 6.07 Å². The number of ether oxygens (including phenoxy) is 1. The predicted octanol–water partition coefficient (Wildman–Crippen LogP) is 3.57. The van der Waals surface area contributed by atoms with Gasteiger partial charge < -0.3 is 24.3 Å². The van der Waals surface area contributed by atoms with E-state index in [9.17, 15) is 23.1 Å². The van der Waals surface area contributed by atoms with Crippen LogP contribution in [0.5, 0.6) is 0 Å². The summed E-state index contributed by atoms with van der Waals surface area (Å²) in [5, 5.41) is 10.2. The standard InChI is InChI=1S/C22H33BF3N2O4/c1-19(2,3)31-18(29)28-12-10-27(11-13-28)17-9-8-15(14-16(17)22(24,25)26)23-32-21(6,7)20(4,5)30/h8-9,14,30H,10-13H2,1-7H3. The van der Waals surface area contributed by atoms with Gasteiger partial charge in [-0.25, -0.2) is 4.79 Å². The van der Waals surface area contributed by atoms with E-state index in [2.05, 4.69) is 0 Å². The van der Waals surface area contributed by atoms with Crippen LogP contribution < -0.4 is 10.4 Å². The fraction of sp³-hybridized carbons (Fsp3) is 0.682. The molecule has 1 heterocycles. The number of amides is 1. The van der Waals surface area contributed by atoms with Crippen LogP contribution in [0.25, 0.3) is 0 Å². The number of carbonyl (C=O) groups excluding carboxylic acids is 1. The molecule has 1 amide bonds. The number of rotatable bonds is 5. The van der Waals surface area contributed by atoms with Crippen LogP contribution in [0.1, 0.15) is 54.0 Å². The average Bonchev–Trinajstić information content (AvgIpc) is 2.63. The molecule has 6 nitrogen and oxygen atoms in total. The van der Waals surface area contributed by atoms with E-state index in [1.165, 1.54) is 18.4 Å². The minimum Gasteiger partial charge on any atom is -0.444 e. The lowest BCUT2D eigenvalue weighted by molar-refractivity contribution is -0.137. The monoisotopic (exact) mass is 457 g/mol. The summed E-state index contributed by atoms with van der Waals surface area (Å²) in [6.07, 6.45) is -5.03. The molecule has 2 rings (SSSR count). The second-order valence-electron chi connectivity index (χ2n) is 10.0. The Morgan fingerprint density at radius 3 is 2.03 bits per heavy atom. The Hall–Kier alpha value is -1.94. The van der Waals surface area contributed by atoms with Crippen molar-refractivity contribution in [2.75, 3.05) is 31.1 Å². The number of anilines is 1. The van der Waals surface area contributed by atoms with Gasteiger partial charge in [0, 0.05) is 31.9 Å². The van der Waals surface area contributed by atoms with Crippen molar-refractivity contribution in [2.45, 2.75) is 71.4 Å². The van der Waals surface area contributed by atoms with E-state index in [0.29, 0.717) is 0 Å². The highest BCUT2D eigenvalue weighted by Crippen LogP contribution is 2.36. The number of alkyl halides is 3. The summed E-state index contributed by atoms with van der Waals surface area (Å²) in [6.45, 7) is 12.8. The average molecular weight is 457 g/mol. The van der Waals surface area contributed by atoms with E-state index in [1.54, 1.807) is 59.4 Å². The lowest BCUT2D eigenvalue weighted by Gasteiger charge is -2.38. The largest absolute Gasteiger partial charge is 0.444 e. The molecule has 0 aliphatic carbocycles. The molecule has 0 saturated carbocycles. The van der Waals surface area contributed by atoms with E-state index >= 15 is 0 Å². The lowest BCUT2D eigenvalue weighted by atomic mass is 9.81. The van der Waals surface area contributed by atoms with Crippen molar-refractivity contribution in [3.8, 4) is 0 Å². The smallest absolute Gasteiger partial charge is 0.418 e. The van der Waals surface area contributed by atoms with E-state index in [1.807, 2.05) is 0 Å². The van der Waals surface area contributed by atoms with Crippen molar-refractivity contribution in [1.82, 2.24) is 4.90 Å². The molecule has 1 aliphatic heterocycles. The van der Waals surface area contributed by atoms with Crippen LogP contribution in [0.15, 0.2) is 18.2 Å². The highest BCUT2D eigenvalue weighted by molar-refractivity contribution is 6.47. The molecule has 0 spiro atoms. The van der Waals surface area contributed by atoms with Crippen LogP contribution in [0.4, 0.5) is 23.7 Å².